The minimum Gasteiger partial charge on any atom is -0.396 e. The molecule has 15 heavy (non-hydrogen) atoms. The average molecular weight is 226 g/mol. The van der Waals surface area contributed by atoms with Crippen LogP contribution in [0, 0.1) is 6.92 Å². The third-order valence-electron chi connectivity index (χ3n) is 2.93. The molecule has 1 unspecified atom stereocenters. The molecule has 84 valence electrons. The van der Waals surface area contributed by atoms with Crippen molar-refractivity contribution in [2.75, 3.05) is 18.1 Å². The second-order valence-electron chi connectivity index (χ2n) is 4.13. The van der Waals surface area contributed by atoms with E-state index >= 15 is 0 Å². The predicted octanol–water partition coefficient (Wildman–Crippen LogP) is 2.19. The van der Waals surface area contributed by atoms with Crippen LogP contribution in [0.15, 0.2) is 5.38 Å². The van der Waals surface area contributed by atoms with Crippen molar-refractivity contribution >= 4 is 16.5 Å². The van der Waals surface area contributed by atoms with Crippen molar-refractivity contribution in [2.45, 2.75) is 38.6 Å². The predicted molar refractivity (Wildman–Crippen MR) is 63.5 cm³/mol. The Morgan fingerprint density at radius 3 is 3.20 bits per heavy atom. The third-order valence-corrected chi connectivity index (χ3v) is 3.92. The highest BCUT2D eigenvalue weighted by molar-refractivity contribution is 7.13. The van der Waals surface area contributed by atoms with E-state index in [0.29, 0.717) is 12.6 Å². The minimum absolute atomic E-state index is 0.307. The van der Waals surface area contributed by atoms with Gasteiger partial charge in [0.05, 0.1) is 5.69 Å². The van der Waals surface area contributed by atoms with Gasteiger partial charge >= 0.3 is 0 Å². The first-order valence-electron chi connectivity index (χ1n) is 5.61. The summed E-state index contributed by atoms with van der Waals surface area (Å²) in [6, 6.07) is 0.600. The lowest BCUT2D eigenvalue weighted by Gasteiger charge is -2.23. The Hall–Kier alpha value is -0.610. The molecule has 1 aromatic rings. The number of thiazole rings is 1. The Balaban J connectivity index is 2.01. The zero-order valence-electron chi connectivity index (χ0n) is 9.15. The number of anilines is 1. The smallest absolute Gasteiger partial charge is 0.185 e. The third kappa shape index (κ3) is 2.49. The molecule has 0 bridgehead atoms. The summed E-state index contributed by atoms with van der Waals surface area (Å²) in [6.45, 7) is 3.48. The molecule has 0 saturated carbocycles. The Bertz CT molecular complexity index is 313. The lowest BCUT2D eigenvalue weighted by molar-refractivity contribution is 0.279. The van der Waals surface area contributed by atoms with E-state index in [1.165, 1.54) is 12.8 Å². The van der Waals surface area contributed by atoms with Crippen LogP contribution in [-0.4, -0.2) is 29.3 Å². The molecule has 2 heterocycles. The number of aryl methyl sites for hydroxylation is 1. The molecule has 1 aliphatic heterocycles. The first kappa shape index (κ1) is 10.9. The second kappa shape index (κ2) is 4.94. The summed E-state index contributed by atoms with van der Waals surface area (Å²) in [5, 5.41) is 12.1. The molecular formula is C11H18N2OS. The van der Waals surface area contributed by atoms with Gasteiger partial charge in [-0.25, -0.2) is 4.98 Å². The van der Waals surface area contributed by atoms with Gasteiger partial charge in [0.15, 0.2) is 5.13 Å². The van der Waals surface area contributed by atoms with Crippen molar-refractivity contribution < 1.29 is 5.11 Å². The first-order valence-corrected chi connectivity index (χ1v) is 6.49. The van der Waals surface area contributed by atoms with Gasteiger partial charge < -0.3 is 10.0 Å². The summed E-state index contributed by atoms with van der Waals surface area (Å²) in [7, 11) is 0. The maximum atomic E-state index is 8.86. The molecule has 0 spiro atoms. The Kier molecular flexibility index (Phi) is 3.59. The molecule has 0 aromatic carbocycles. The van der Waals surface area contributed by atoms with Crippen molar-refractivity contribution in [2.24, 2.45) is 0 Å². The number of nitrogens with zero attached hydrogens (tertiary/aromatic N) is 2. The van der Waals surface area contributed by atoms with Crippen LogP contribution >= 0.6 is 11.3 Å². The molecule has 0 amide bonds. The van der Waals surface area contributed by atoms with E-state index < -0.39 is 0 Å². The molecule has 1 aromatic heterocycles. The minimum atomic E-state index is 0.307. The van der Waals surface area contributed by atoms with Gasteiger partial charge in [0.2, 0.25) is 0 Å². The maximum absolute atomic E-state index is 8.86. The summed E-state index contributed by atoms with van der Waals surface area (Å²) in [5.41, 5.74) is 1.11. The van der Waals surface area contributed by atoms with Crippen LogP contribution in [0.25, 0.3) is 0 Å². The molecule has 2 rings (SSSR count). The number of aliphatic hydroxyl groups is 1. The fourth-order valence-electron chi connectivity index (χ4n) is 2.19. The van der Waals surface area contributed by atoms with Crippen LogP contribution in [0.2, 0.25) is 0 Å². The molecule has 1 atom stereocenters. The van der Waals surface area contributed by atoms with E-state index in [0.717, 1.165) is 30.2 Å². The number of hydrogen-bond donors (Lipinski definition) is 1. The summed E-state index contributed by atoms with van der Waals surface area (Å²) >= 11 is 1.74. The van der Waals surface area contributed by atoms with E-state index in [9.17, 15) is 0 Å². The summed E-state index contributed by atoms with van der Waals surface area (Å²) in [6.07, 6.45) is 4.51. The molecular weight excluding hydrogens is 208 g/mol. The topological polar surface area (TPSA) is 36.4 Å². The number of aliphatic hydroxyl groups excluding tert-OH is 1. The van der Waals surface area contributed by atoms with Crippen molar-refractivity contribution in [3.8, 4) is 0 Å². The van der Waals surface area contributed by atoms with E-state index in [2.05, 4.69) is 15.3 Å². The van der Waals surface area contributed by atoms with E-state index in [1.54, 1.807) is 11.3 Å². The van der Waals surface area contributed by atoms with Crippen molar-refractivity contribution in [3.63, 3.8) is 0 Å². The van der Waals surface area contributed by atoms with Crippen molar-refractivity contribution in [1.82, 2.24) is 4.98 Å². The Morgan fingerprint density at radius 1 is 1.67 bits per heavy atom. The molecule has 0 radical (unpaired) electrons. The van der Waals surface area contributed by atoms with Crippen LogP contribution in [0.4, 0.5) is 5.13 Å². The fourth-order valence-corrected chi connectivity index (χ4v) is 3.09. The quantitative estimate of drug-likeness (QED) is 0.855. The van der Waals surface area contributed by atoms with Crippen LogP contribution in [0.5, 0.6) is 0 Å². The van der Waals surface area contributed by atoms with E-state index in [-0.39, 0.29) is 0 Å². The van der Waals surface area contributed by atoms with Gasteiger partial charge in [0.1, 0.15) is 0 Å². The number of hydrogen-bond acceptors (Lipinski definition) is 4. The molecule has 4 heteroatoms. The maximum Gasteiger partial charge on any atom is 0.185 e. The number of rotatable bonds is 4. The van der Waals surface area contributed by atoms with Gasteiger partial charge in [-0.05, 0) is 32.6 Å². The summed E-state index contributed by atoms with van der Waals surface area (Å²) in [4.78, 5) is 6.94. The van der Waals surface area contributed by atoms with Crippen LogP contribution < -0.4 is 4.90 Å². The van der Waals surface area contributed by atoms with Gasteiger partial charge in [-0.3, -0.25) is 0 Å². The zero-order valence-corrected chi connectivity index (χ0v) is 9.96. The normalized spacial score (nSPS) is 21.2. The monoisotopic (exact) mass is 226 g/mol. The molecule has 0 aliphatic carbocycles. The lowest BCUT2D eigenvalue weighted by atomic mass is 10.1. The van der Waals surface area contributed by atoms with Gasteiger partial charge in [0, 0.05) is 24.6 Å². The van der Waals surface area contributed by atoms with Gasteiger partial charge in [-0.1, -0.05) is 0 Å². The number of aromatic nitrogens is 1. The van der Waals surface area contributed by atoms with Crippen molar-refractivity contribution in [1.29, 1.82) is 0 Å². The standard InChI is InChI=1S/C11H18N2OS/c1-9-8-15-11(12-9)13-6-2-4-10(13)5-3-7-14/h8,10,14H,2-7H2,1H3. The lowest BCUT2D eigenvalue weighted by Crippen LogP contribution is -2.29. The molecule has 1 saturated heterocycles. The van der Waals surface area contributed by atoms with Crippen LogP contribution in [0.3, 0.4) is 0 Å². The van der Waals surface area contributed by atoms with E-state index in [4.69, 9.17) is 5.11 Å². The molecule has 1 fully saturated rings. The van der Waals surface area contributed by atoms with Gasteiger partial charge in [-0.15, -0.1) is 11.3 Å². The average Bonchev–Trinajstić information content (AvgIpc) is 2.82. The van der Waals surface area contributed by atoms with Gasteiger partial charge in [-0.2, -0.15) is 0 Å². The highest BCUT2D eigenvalue weighted by Crippen LogP contribution is 2.30. The largest absolute Gasteiger partial charge is 0.396 e. The SMILES string of the molecule is Cc1csc(N2CCCC2CCCO)n1. The van der Waals surface area contributed by atoms with Crippen molar-refractivity contribution in [3.05, 3.63) is 11.1 Å². The Morgan fingerprint density at radius 2 is 2.53 bits per heavy atom. The van der Waals surface area contributed by atoms with Crippen LogP contribution in [-0.2, 0) is 0 Å². The van der Waals surface area contributed by atoms with Gasteiger partial charge in [0.25, 0.3) is 0 Å². The second-order valence-corrected chi connectivity index (χ2v) is 4.96. The highest BCUT2D eigenvalue weighted by Gasteiger charge is 2.25. The van der Waals surface area contributed by atoms with E-state index in [1.807, 2.05) is 6.92 Å². The molecule has 1 aliphatic rings. The molecule has 1 N–H and O–H groups in total. The fraction of sp³-hybridized carbons (Fsp3) is 0.727. The molecule has 3 nitrogen and oxygen atoms in total. The summed E-state index contributed by atoms with van der Waals surface area (Å²) < 4.78 is 0. The zero-order chi connectivity index (χ0) is 10.7. The Labute approximate surface area is 94.8 Å². The summed E-state index contributed by atoms with van der Waals surface area (Å²) in [5.74, 6) is 0. The van der Waals surface area contributed by atoms with Crippen LogP contribution in [0.1, 0.15) is 31.4 Å². The highest BCUT2D eigenvalue weighted by atomic mass is 32.1. The first-order chi connectivity index (χ1) is 7.31.